The lowest BCUT2D eigenvalue weighted by atomic mass is 10.1. The van der Waals surface area contributed by atoms with Gasteiger partial charge in [0.05, 0.1) is 5.69 Å². The molecular weight excluding hydrogens is 386 g/mol. The predicted molar refractivity (Wildman–Crippen MR) is 85.6 cm³/mol. The predicted octanol–water partition coefficient (Wildman–Crippen LogP) is 4.34. The van der Waals surface area contributed by atoms with Crippen molar-refractivity contribution in [3.63, 3.8) is 0 Å². The summed E-state index contributed by atoms with van der Waals surface area (Å²) in [6.45, 7) is 0. The Labute approximate surface area is 143 Å². The van der Waals surface area contributed by atoms with Crippen molar-refractivity contribution in [3.8, 4) is 17.1 Å². The van der Waals surface area contributed by atoms with Gasteiger partial charge in [0.1, 0.15) is 11.6 Å². The van der Waals surface area contributed by atoms with Gasteiger partial charge in [-0.3, -0.25) is 4.79 Å². The monoisotopic (exact) mass is 394 g/mol. The Morgan fingerprint density at radius 2 is 2.00 bits per heavy atom. The van der Waals surface area contributed by atoms with Crippen LogP contribution < -0.4 is 5.32 Å². The van der Waals surface area contributed by atoms with Crippen LogP contribution in [0.1, 0.15) is 10.5 Å². The molecule has 0 saturated carbocycles. The Bertz CT molecular complexity index is 904. The van der Waals surface area contributed by atoms with E-state index < -0.39 is 17.5 Å². The third kappa shape index (κ3) is 3.28. The van der Waals surface area contributed by atoms with Crippen LogP contribution in [0.5, 0.6) is 5.75 Å². The Hall–Kier alpha value is -2.74. The molecule has 0 aliphatic rings. The zero-order chi connectivity index (χ0) is 17.3. The summed E-state index contributed by atoms with van der Waals surface area (Å²) in [7, 11) is 0. The Kier molecular flexibility index (Phi) is 4.30. The van der Waals surface area contributed by atoms with Crippen molar-refractivity contribution < 1.29 is 23.2 Å². The van der Waals surface area contributed by atoms with Gasteiger partial charge in [0, 0.05) is 22.2 Å². The molecule has 1 aromatic heterocycles. The van der Waals surface area contributed by atoms with Gasteiger partial charge in [-0.1, -0.05) is 17.3 Å². The number of nitrogens with one attached hydrogen (secondary N) is 1. The standard InChI is InChI=1S/C16H9BrF2N2O3/c17-11-5-9(18)6-12(19)15(11)20-16(23)13-7-14(24-21-13)8-2-1-3-10(22)4-8/h1-7,22H,(H,20,23). The van der Waals surface area contributed by atoms with Crippen LogP contribution in [-0.2, 0) is 0 Å². The lowest BCUT2D eigenvalue weighted by Crippen LogP contribution is -2.14. The average Bonchev–Trinajstić information content (AvgIpc) is 3.00. The summed E-state index contributed by atoms with van der Waals surface area (Å²) in [5.74, 6) is -2.13. The number of anilines is 1. The third-order valence-corrected chi connectivity index (χ3v) is 3.74. The van der Waals surface area contributed by atoms with E-state index in [0.717, 1.165) is 6.07 Å². The first-order valence-electron chi connectivity index (χ1n) is 6.66. The van der Waals surface area contributed by atoms with E-state index in [0.29, 0.717) is 11.6 Å². The van der Waals surface area contributed by atoms with Gasteiger partial charge in [-0.2, -0.15) is 0 Å². The van der Waals surface area contributed by atoms with E-state index >= 15 is 0 Å². The first kappa shape index (κ1) is 16.1. The molecule has 0 aliphatic carbocycles. The molecular formula is C16H9BrF2N2O3. The normalized spacial score (nSPS) is 10.6. The molecule has 0 fully saturated rings. The maximum Gasteiger partial charge on any atom is 0.277 e. The van der Waals surface area contributed by atoms with Gasteiger partial charge in [-0.15, -0.1) is 0 Å². The number of halogens is 3. The first-order chi connectivity index (χ1) is 11.4. The molecule has 0 radical (unpaired) electrons. The number of rotatable bonds is 3. The second kappa shape index (κ2) is 6.40. The SMILES string of the molecule is O=C(Nc1c(F)cc(F)cc1Br)c1cc(-c2cccc(O)c2)on1. The number of carbonyl (C=O) groups excluding carboxylic acids is 1. The van der Waals surface area contributed by atoms with Crippen molar-refractivity contribution in [2.45, 2.75) is 0 Å². The topological polar surface area (TPSA) is 75.4 Å². The molecule has 8 heteroatoms. The molecule has 3 rings (SSSR count). The van der Waals surface area contributed by atoms with Crippen LogP contribution in [0.15, 0.2) is 51.5 Å². The quantitative estimate of drug-likeness (QED) is 0.692. The number of aromatic nitrogens is 1. The fourth-order valence-electron chi connectivity index (χ4n) is 2.02. The summed E-state index contributed by atoms with van der Waals surface area (Å²) in [5.41, 5.74) is 0.225. The van der Waals surface area contributed by atoms with Crippen molar-refractivity contribution >= 4 is 27.5 Å². The van der Waals surface area contributed by atoms with E-state index in [2.05, 4.69) is 26.4 Å². The van der Waals surface area contributed by atoms with E-state index in [1.54, 1.807) is 12.1 Å². The molecule has 5 nitrogen and oxygen atoms in total. The summed E-state index contributed by atoms with van der Waals surface area (Å²) in [4.78, 5) is 12.2. The summed E-state index contributed by atoms with van der Waals surface area (Å²) in [5, 5.41) is 15.4. The van der Waals surface area contributed by atoms with Gasteiger partial charge in [-0.05, 0) is 34.1 Å². The molecule has 0 unspecified atom stereocenters. The van der Waals surface area contributed by atoms with E-state index in [1.165, 1.54) is 18.2 Å². The van der Waals surface area contributed by atoms with E-state index in [4.69, 9.17) is 4.52 Å². The Morgan fingerprint density at radius 3 is 2.71 bits per heavy atom. The molecule has 0 spiro atoms. The number of nitrogens with zero attached hydrogens (tertiary/aromatic N) is 1. The maximum atomic E-state index is 13.7. The van der Waals surface area contributed by atoms with Crippen molar-refractivity contribution in [2.75, 3.05) is 5.32 Å². The van der Waals surface area contributed by atoms with E-state index in [9.17, 15) is 18.7 Å². The number of phenolic OH excluding ortho intramolecular Hbond substituents is 1. The molecule has 122 valence electrons. The number of phenols is 1. The number of hydrogen-bond acceptors (Lipinski definition) is 4. The highest BCUT2D eigenvalue weighted by atomic mass is 79.9. The highest BCUT2D eigenvalue weighted by molar-refractivity contribution is 9.10. The van der Waals surface area contributed by atoms with Gasteiger partial charge in [0.2, 0.25) is 0 Å². The smallest absolute Gasteiger partial charge is 0.277 e. The van der Waals surface area contributed by atoms with E-state index in [-0.39, 0.29) is 27.4 Å². The van der Waals surface area contributed by atoms with Gasteiger partial charge in [-0.25, -0.2) is 8.78 Å². The minimum absolute atomic E-state index is 0.0345. The number of aromatic hydroxyl groups is 1. The number of carbonyl (C=O) groups is 1. The lowest BCUT2D eigenvalue weighted by Gasteiger charge is -2.07. The van der Waals surface area contributed by atoms with Gasteiger partial charge in [0.25, 0.3) is 5.91 Å². The summed E-state index contributed by atoms with van der Waals surface area (Å²) >= 11 is 2.98. The van der Waals surface area contributed by atoms with Crippen molar-refractivity contribution in [3.05, 3.63) is 64.3 Å². The molecule has 0 saturated heterocycles. The molecule has 0 aliphatic heterocycles. The maximum absolute atomic E-state index is 13.7. The molecule has 2 N–H and O–H groups in total. The molecule has 1 amide bonds. The molecule has 0 bridgehead atoms. The summed E-state index contributed by atoms with van der Waals surface area (Å²) in [6.07, 6.45) is 0. The van der Waals surface area contributed by atoms with Crippen LogP contribution in [0.25, 0.3) is 11.3 Å². The fourth-order valence-corrected chi connectivity index (χ4v) is 2.52. The van der Waals surface area contributed by atoms with Crippen molar-refractivity contribution in [2.24, 2.45) is 0 Å². The van der Waals surface area contributed by atoms with Gasteiger partial charge < -0.3 is 14.9 Å². The number of amides is 1. The van der Waals surface area contributed by atoms with Crippen molar-refractivity contribution in [1.29, 1.82) is 0 Å². The summed E-state index contributed by atoms with van der Waals surface area (Å²) in [6, 6.07) is 9.23. The van der Waals surface area contributed by atoms with Crippen LogP contribution in [0.3, 0.4) is 0 Å². The lowest BCUT2D eigenvalue weighted by molar-refractivity contribution is 0.101. The van der Waals surface area contributed by atoms with Crippen molar-refractivity contribution in [1.82, 2.24) is 5.16 Å². The molecule has 3 aromatic rings. The Balaban J connectivity index is 1.85. The first-order valence-corrected chi connectivity index (χ1v) is 7.45. The largest absolute Gasteiger partial charge is 0.508 e. The molecule has 24 heavy (non-hydrogen) atoms. The van der Waals surface area contributed by atoms with Crippen LogP contribution >= 0.6 is 15.9 Å². The second-order valence-corrected chi connectivity index (χ2v) is 5.68. The Morgan fingerprint density at radius 1 is 1.21 bits per heavy atom. The number of benzene rings is 2. The molecule has 0 atom stereocenters. The van der Waals surface area contributed by atoms with Crippen LogP contribution in [0.2, 0.25) is 0 Å². The van der Waals surface area contributed by atoms with Gasteiger partial charge in [0.15, 0.2) is 17.3 Å². The highest BCUT2D eigenvalue weighted by Crippen LogP contribution is 2.28. The zero-order valence-corrected chi connectivity index (χ0v) is 13.5. The zero-order valence-electron chi connectivity index (χ0n) is 11.9. The third-order valence-electron chi connectivity index (χ3n) is 3.12. The van der Waals surface area contributed by atoms with Crippen LogP contribution in [-0.4, -0.2) is 16.2 Å². The van der Waals surface area contributed by atoms with Gasteiger partial charge >= 0.3 is 0 Å². The van der Waals surface area contributed by atoms with Crippen LogP contribution in [0.4, 0.5) is 14.5 Å². The molecule has 1 heterocycles. The van der Waals surface area contributed by atoms with E-state index in [1.807, 2.05) is 0 Å². The highest BCUT2D eigenvalue weighted by Gasteiger charge is 2.18. The summed E-state index contributed by atoms with van der Waals surface area (Å²) < 4.78 is 31.9. The minimum atomic E-state index is -0.924. The fraction of sp³-hybridized carbons (Fsp3) is 0. The minimum Gasteiger partial charge on any atom is -0.508 e. The van der Waals surface area contributed by atoms with Crippen LogP contribution in [0, 0.1) is 11.6 Å². The number of hydrogen-bond donors (Lipinski definition) is 2. The molecule has 2 aromatic carbocycles. The average molecular weight is 395 g/mol. The second-order valence-electron chi connectivity index (χ2n) is 4.83.